The second kappa shape index (κ2) is 10.2. The van der Waals surface area contributed by atoms with Crippen molar-refractivity contribution in [3.63, 3.8) is 0 Å². The number of piperazine rings is 1. The summed E-state index contributed by atoms with van der Waals surface area (Å²) >= 11 is 0. The molecule has 0 spiro atoms. The topological polar surface area (TPSA) is 99.0 Å². The predicted molar refractivity (Wildman–Crippen MR) is 114 cm³/mol. The maximum Gasteiger partial charge on any atom is 0.248 e. The highest BCUT2D eigenvalue weighted by atomic mass is 32.2. The van der Waals surface area contributed by atoms with Crippen LogP contribution in [-0.4, -0.2) is 92.5 Å². The molecule has 3 rings (SSSR count). The molecule has 0 bridgehead atoms. The fourth-order valence-corrected chi connectivity index (χ4v) is 6.15. The summed E-state index contributed by atoms with van der Waals surface area (Å²) in [5, 5.41) is 6.78. The lowest BCUT2D eigenvalue weighted by Crippen LogP contribution is -2.47. The van der Waals surface area contributed by atoms with Crippen LogP contribution in [-0.2, 0) is 14.8 Å². The number of aryl methyl sites for hydroxylation is 2. The van der Waals surface area contributed by atoms with E-state index in [0.717, 1.165) is 45.7 Å². The fraction of sp³-hybridized carbons (Fsp3) is 0.800. The minimum Gasteiger partial charge on any atom is -0.360 e. The van der Waals surface area contributed by atoms with Crippen LogP contribution in [0, 0.1) is 19.8 Å². The molecule has 1 aromatic rings. The van der Waals surface area contributed by atoms with Crippen LogP contribution in [0.15, 0.2) is 9.42 Å². The zero-order valence-corrected chi connectivity index (χ0v) is 19.2. The number of nitrogens with zero attached hydrogens (tertiary/aromatic N) is 4. The molecular formula is C20H35N5O4S. The van der Waals surface area contributed by atoms with Gasteiger partial charge >= 0.3 is 0 Å². The van der Waals surface area contributed by atoms with Crippen LogP contribution >= 0.6 is 0 Å². The molecule has 0 aliphatic carbocycles. The maximum atomic E-state index is 13.0. The van der Waals surface area contributed by atoms with E-state index in [1.165, 1.54) is 4.31 Å². The molecule has 1 atom stereocenters. The molecular weight excluding hydrogens is 406 g/mol. The zero-order chi connectivity index (χ0) is 21.7. The number of hydrogen-bond donors (Lipinski definition) is 1. The third-order valence-electron chi connectivity index (χ3n) is 6.18. The molecule has 1 aromatic heterocycles. The summed E-state index contributed by atoms with van der Waals surface area (Å²) in [7, 11) is -3.71. The van der Waals surface area contributed by atoms with Gasteiger partial charge < -0.3 is 19.6 Å². The Balaban J connectivity index is 1.45. The number of carbonyl (C=O) groups excluding carboxylic acids is 1. The lowest BCUT2D eigenvalue weighted by atomic mass is 9.99. The molecule has 2 fully saturated rings. The van der Waals surface area contributed by atoms with Crippen molar-refractivity contribution in [2.45, 2.75) is 44.9 Å². The maximum absolute atomic E-state index is 13.0. The van der Waals surface area contributed by atoms with E-state index in [2.05, 4.69) is 27.2 Å². The highest BCUT2D eigenvalue weighted by Gasteiger charge is 2.36. The summed E-state index contributed by atoms with van der Waals surface area (Å²) in [5.41, 5.74) is 0.360. The summed E-state index contributed by atoms with van der Waals surface area (Å²) < 4.78 is 32.5. The molecule has 9 nitrogen and oxygen atoms in total. The van der Waals surface area contributed by atoms with Crippen LogP contribution in [0.3, 0.4) is 0 Å². The lowest BCUT2D eigenvalue weighted by Gasteiger charge is -2.34. The average Bonchev–Trinajstić information content (AvgIpc) is 3.10. The number of piperidine rings is 1. The van der Waals surface area contributed by atoms with E-state index in [4.69, 9.17) is 4.52 Å². The van der Waals surface area contributed by atoms with Gasteiger partial charge in [-0.25, -0.2) is 8.42 Å². The Morgan fingerprint density at radius 3 is 2.50 bits per heavy atom. The van der Waals surface area contributed by atoms with Crippen molar-refractivity contribution in [1.82, 2.24) is 24.6 Å². The van der Waals surface area contributed by atoms with Gasteiger partial charge in [-0.15, -0.1) is 0 Å². The van der Waals surface area contributed by atoms with Crippen molar-refractivity contribution in [2.24, 2.45) is 5.92 Å². The van der Waals surface area contributed by atoms with Crippen molar-refractivity contribution in [1.29, 1.82) is 0 Å². The third kappa shape index (κ3) is 5.40. The SMILES string of the molecule is CCN1CCN(CCCNC(=O)C2CCCN(S(=O)(=O)c3c(C)noc3C)C2)CC1. The molecule has 3 heterocycles. The van der Waals surface area contributed by atoms with Gasteiger partial charge in [0.05, 0.1) is 5.92 Å². The van der Waals surface area contributed by atoms with Gasteiger partial charge in [0.25, 0.3) is 0 Å². The minimum absolute atomic E-state index is 0.0514. The number of amides is 1. The number of aromatic nitrogens is 1. The van der Waals surface area contributed by atoms with Crippen LogP contribution in [0.1, 0.15) is 37.6 Å². The molecule has 0 aromatic carbocycles. The van der Waals surface area contributed by atoms with E-state index in [0.29, 0.717) is 37.4 Å². The molecule has 1 N–H and O–H groups in total. The van der Waals surface area contributed by atoms with Crippen LogP contribution in [0.2, 0.25) is 0 Å². The first-order valence-corrected chi connectivity index (χ1v) is 12.4. The molecule has 10 heteroatoms. The Labute approximate surface area is 179 Å². The summed E-state index contributed by atoms with van der Waals surface area (Å²) in [4.78, 5) is 17.7. The van der Waals surface area contributed by atoms with Crippen molar-refractivity contribution in [3.8, 4) is 0 Å². The fourth-order valence-electron chi connectivity index (χ4n) is 4.33. The van der Waals surface area contributed by atoms with E-state index in [-0.39, 0.29) is 23.3 Å². The van der Waals surface area contributed by atoms with E-state index in [9.17, 15) is 13.2 Å². The molecule has 30 heavy (non-hydrogen) atoms. The highest BCUT2D eigenvalue weighted by Crippen LogP contribution is 2.27. The summed E-state index contributed by atoms with van der Waals surface area (Å²) in [6.45, 7) is 13.1. The second-order valence-corrected chi connectivity index (χ2v) is 10.2. The first kappa shape index (κ1) is 23.2. The second-order valence-electron chi connectivity index (χ2n) is 8.28. The van der Waals surface area contributed by atoms with Gasteiger partial charge in [-0.2, -0.15) is 4.31 Å². The number of likely N-dealkylation sites (N-methyl/N-ethyl adjacent to an activating group) is 1. The monoisotopic (exact) mass is 441 g/mol. The van der Waals surface area contributed by atoms with Gasteiger partial charge in [0.15, 0.2) is 5.76 Å². The predicted octanol–water partition coefficient (Wildman–Crippen LogP) is 0.836. The number of sulfonamides is 1. The Morgan fingerprint density at radius 1 is 1.17 bits per heavy atom. The van der Waals surface area contributed by atoms with Crippen molar-refractivity contribution in [3.05, 3.63) is 11.5 Å². The number of rotatable bonds is 8. The van der Waals surface area contributed by atoms with Gasteiger partial charge in [0, 0.05) is 45.8 Å². The third-order valence-corrected chi connectivity index (χ3v) is 8.29. The van der Waals surface area contributed by atoms with Crippen LogP contribution in [0.5, 0.6) is 0 Å². The molecule has 1 unspecified atom stereocenters. The Hall–Kier alpha value is -1.49. The molecule has 0 saturated carbocycles. The molecule has 2 aliphatic rings. The zero-order valence-electron chi connectivity index (χ0n) is 18.4. The molecule has 0 radical (unpaired) electrons. The summed E-state index contributed by atoms with van der Waals surface area (Å²) in [5.74, 6) is -0.0783. The Bertz CT molecular complexity index is 798. The standard InChI is InChI=1S/C20H35N5O4S/c1-4-23-11-13-24(14-12-23)9-6-8-21-20(26)18-7-5-10-25(15-18)30(27,28)19-16(2)22-29-17(19)3/h18H,4-15H2,1-3H3,(H,21,26). The number of hydrogen-bond acceptors (Lipinski definition) is 7. The van der Waals surface area contributed by atoms with Gasteiger partial charge in [-0.05, 0) is 46.2 Å². The van der Waals surface area contributed by atoms with Gasteiger partial charge in [0.2, 0.25) is 15.9 Å². The van der Waals surface area contributed by atoms with Gasteiger partial charge in [-0.3, -0.25) is 4.79 Å². The smallest absolute Gasteiger partial charge is 0.248 e. The molecule has 1 amide bonds. The van der Waals surface area contributed by atoms with Crippen molar-refractivity contribution >= 4 is 15.9 Å². The minimum atomic E-state index is -3.71. The number of nitrogens with one attached hydrogen (secondary N) is 1. The van der Waals surface area contributed by atoms with E-state index in [1.807, 2.05) is 0 Å². The van der Waals surface area contributed by atoms with E-state index in [1.54, 1.807) is 13.8 Å². The molecule has 2 saturated heterocycles. The van der Waals surface area contributed by atoms with Crippen LogP contribution in [0.25, 0.3) is 0 Å². The van der Waals surface area contributed by atoms with Crippen molar-refractivity contribution < 1.29 is 17.7 Å². The van der Waals surface area contributed by atoms with Gasteiger partial charge in [-0.1, -0.05) is 12.1 Å². The van der Waals surface area contributed by atoms with E-state index >= 15 is 0 Å². The van der Waals surface area contributed by atoms with Crippen LogP contribution < -0.4 is 5.32 Å². The molecule has 2 aliphatic heterocycles. The van der Waals surface area contributed by atoms with Crippen LogP contribution in [0.4, 0.5) is 0 Å². The summed E-state index contributed by atoms with van der Waals surface area (Å²) in [6, 6.07) is 0. The van der Waals surface area contributed by atoms with Crippen molar-refractivity contribution in [2.75, 3.05) is 58.9 Å². The first-order valence-electron chi connectivity index (χ1n) is 11.0. The molecule has 170 valence electrons. The van der Waals surface area contributed by atoms with Gasteiger partial charge in [0.1, 0.15) is 10.6 Å². The largest absolute Gasteiger partial charge is 0.360 e. The Morgan fingerprint density at radius 2 is 1.87 bits per heavy atom. The summed E-state index contributed by atoms with van der Waals surface area (Å²) in [6.07, 6.45) is 2.28. The average molecular weight is 442 g/mol. The number of carbonyl (C=O) groups is 1. The highest BCUT2D eigenvalue weighted by molar-refractivity contribution is 7.89. The van der Waals surface area contributed by atoms with E-state index < -0.39 is 10.0 Å². The first-order chi connectivity index (χ1) is 14.3. The lowest BCUT2D eigenvalue weighted by molar-refractivity contribution is -0.126. The Kier molecular flexibility index (Phi) is 7.89. The normalized spacial score (nSPS) is 22.3. The quantitative estimate of drug-likeness (QED) is 0.597.